The minimum atomic E-state index is -0.154. The summed E-state index contributed by atoms with van der Waals surface area (Å²) < 4.78 is 11.3. The Morgan fingerprint density at radius 3 is 2.69 bits per heavy atom. The molecule has 1 heterocycles. The molecule has 0 fully saturated rings. The van der Waals surface area contributed by atoms with E-state index in [2.05, 4.69) is 0 Å². The number of nitrogens with zero attached hydrogens (tertiary/aromatic N) is 1. The van der Waals surface area contributed by atoms with Crippen LogP contribution >= 0.6 is 0 Å². The van der Waals surface area contributed by atoms with E-state index in [0.29, 0.717) is 24.5 Å². The molecule has 1 atom stereocenters. The van der Waals surface area contributed by atoms with E-state index in [1.807, 2.05) is 38.1 Å². The first-order valence-corrected chi connectivity index (χ1v) is 9.68. The Balaban J connectivity index is 1.66. The molecule has 6 nitrogen and oxygen atoms in total. The molecule has 0 aliphatic carbocycles. The maximum Gasteiger partial charge on any atom is 0.169 e. The first-order chi connectivity index (χ1) is 13.8. The Labute approximate surface area is 171 Å². The van der Waals surface area contributed by atoms with Crippen LogP contribution in [0.15, 0.2) is 36.4 Å². The normalized spacial score (nSPS) is 15.1. The third-order valence-corrected chi connectivity index (χ3v) is 4.80. The Morgan fingerprint density at radius 1 is 1.17 bits per heavy atom. The van der Waals surface area contributed by atoms with Crippen LogP contribution in [0, 0.1) is 0 Å². The highest BCUT2D eigenvalue weighted by molar-refractivity contribution is 5.98. The van der Waals surface area contributed by atoms with Gasteiger partial charge in [-0.15, -0.1) is 0 Å². The van der Waals surface area contributed by atoms with Crippen LogP contribution < -0.4 is 9.47 Å². The largest absolute Gasteiger partial charge is 0.507 e. The van der Waals surface area contributed by atoms with Crippen LogP contribution in [0.3, 0.4) is 0 Å². The number of benzene rings is 2. The summed E-state index contributed by atoms with van der Waals surface area (Å²) in [6.07, 6.45) is 4.42. The fraction of sp³-hybridized carbons (Fsp3) is 0.348. The molecule has 3 rings (SSSR count). The molecule has 0 saturated heterocycles. The van der Waals surface area contributed by atoms with E-state index in [9.17, 15) is 15.0 Å². The lowest BCUT2D eigenvalue weighted by molar-refractivity contribution is 0.0980. The third-order valence-electron chi connectivity index (χ3n) is 4.80. The number of fused-ring (bicyclic) bond motifs is 1. The predicted molar refractivity (Wildman–Crippen MR) is 112 cm³/mol. The van der Waals surface area contributed by atoms with Crippen LogP contribution in [0.5, 0.6) is 23.0 Å². The van der Waals surface area contributed by atoms with Crippen molar-refractivity contribution in [2.24, 2.45) is 0 Å². The Hall–Kier alpha value is -2.99. The van der Waals surface area contributed by atoms with Crippen molar-refractivity contribution in [2.45, 2.75) is 25.9 Å². The van der Waals surface area contributed by atoms with Crippen molar-refractivity contribution < 1.29 is 24.5 Å². The topological polar surface area (TPSA) is 79.2 Å². The highest BCUT2D eigenvalue weighted by Crippen LogP contribution is 2.38. The lowest BCUT2D eigenvalue weighted by Gasteiger charge is -2.21. The number of ether oxygens (including phenoxy) is 2. The second kappa shape index (κ2) is 9.01. The summed E-state index contributed by atoms with van der Waals surface area (Å²) in [4.78, 5) is 14.6. The molecule has 0 bridgehead atoms. The zero-order chi connectivity index (χ0) is 21.0. The zero-order valence-electron chi connectivity index (χ0n) is 17.0. The molecule has 2 N–H and O–H groups in total. The summed E-state index contributed by atoms with van der Waals surface area (Å²) in [7, 11) is 3.91. The molecule has 0 unspecified atom stereocenters. The van der Waals surface area contributed by atoms with Gasteiger partial charge >= 0.3 is 0 Å². The second-order valence-electron chi connectivity index (χ2n) is 7.42. The number of hydrogen-bond donors (Lipinski definition) is 2. The summed E-state index contributed by atoms with van der Waals surface area (Å²) in [6, 6.07) is 8.15. The first kappa shape index (κ1) is 20.7. The van der Waals surface area contributed by atoms with Gasteiger partial charge < -0.3 is 24.6 Å². The Kier molecular flexibility index (Phi) is 6.44. The van der Waals surface area contributed by atoms with Gasteiger partial charge in [-0.2, -0.15) is 0 Å². The lowest BCUT2D eigenvalue weighted by Crippen LogP contribution is -2.19. The smallest absolute Gasteiger partial charge is 0.169 e. The highest BCUT2D eigenvalue weighted by atomic mass is 16.5. The minimum absolute atomic E-state index is 0.0813. The molecule has 0 spiro atoms. The minimum Gasteiger partial charge on any atom is -0.507 e. The number of Topliss-reactive ketones (excluding diaryl/α,β-unsaturated/α-hetero) is 1. The molecule has 0 aromatic heterocycles. The maximum atomic E-state index is 12.6. The van der Waals surface area contributed by atoms with Gasteiger partial charge in [-0.05, 0) is 57.3 Å². The summed E-state index contributed by atoms with van der Waals surface area (Å²) in [5, 5.41) is 20.3. The van der Waals surface area contributed by atoms with E-state index in [4.69, 9.17) is 9.47 Å². The van der Waals surface area contributed by atoms with Crippen LogP contribution in [-0.2, 0) is 6.42 Å². The number of phenols is 2. The van der Waals surface area contributed by atoms with Crippen LogP contribution in [0.2, 0.25) is 0 Å². The number of aryl methyl sites for hydroxylation is 1. The number of aromatic hydroxyl groups is 2. The molecule has 2 aromatic carbocycles. The number of ketones is 1. The van der Waals surface area contributed by atoms with E-state index in [-0.39, 0.29) is 35.4 Å². The van der Waals surface area contributed by atoms with E-state index < -0.39 is 0 Å². The summed E-state index contributed by atoms with van der Waals surface area (Å²) in [5.74, 6) is 0.839. The molecule has 154 valence electrons. The SMILES string of the molecule is C[C@H]1C=Cc2c(CCC(=O)c3ccc(OCCN(C)C)cc3O)ccc(O)c2O1. The highest BCUT2D eigenvalue weighted by Gasteiger charge is 2.19. The van der Waals surface area contributed by atoms with Crippen LogP contribution in [0.25, 0.3) is 6.08 Å². The monoisotopic (exact) mass is 397 g/mol. The molecule has 1 aliphatic rings. The average molecular weight is 397 g/mol. The Bertz CT molecular complexity index is 920. The fourth-order valence-corrected chi connectivity index (χ4v) is 3.18. The quantitative estimate of drug-likeness (QED) is 0.662. The summed E-state index contributed by atoms with van der Waals surface area (Å²) in [6.45, 7) is 3.15. The average Bonchev–Trinajstić information content (AvgIpc) is 2.67. The van der Waals surface area contributed by atoms with Gasteiger partial charge in [0.15, 0.2) is 17.3 Å². The zero-order valence-corrected chi connectivity index (χ0v) is 17.0. The first-order valence-electron chi connectivity index (χ1n) is 9.68. The molecule has 1 aliphatic heterocycles. The van der Waals surface area contributed by atoms with Crippen LogP contribution in [0.1, 0.15) is 34.8 Å². The number of carbonyl (C=O) groups is 1. The third kappa shape index (κ3) is 5.09. The standard InChI is InChI=1S/C23H27NO5/c1-15-4-8-18-16(6-11-21(26)23(18)29-15)5-10-20(25)19-9-7-17(14-22(19)27)28-13-12-24(2)3/h4,6-9,11,14-15,26-27H,5,10,12-13H2,1-3H3/t15-/m0/s1. The van der Waals surface area contributed by atoms with Crippen molar-refractivity contribution in [1.29, 1.82) is 0 Å². The molecule has 2 aromatic rings. The van der Waals surface area contributed by atoms with Crippen molar-refractivity contribution in [3.05, 3.63) is 53.1 Å². The van der Waals surface area contributed by atoms with Crippen molar-refractivity contribution >= 4 is 11.9 Å². The number of hydrogen-bond acceptors (Lipinski definition) is 6. The van der Waals surface area contributed by atoms with E-state index in [1.165, 1.54) is 6.07 Å². The maximum absolute atomic E-state index is 12.6. The van der Waals surface area contributed by atoms with Gasteiger partial charge in [-0.1, -0.05) is 12.1 Å². The fourth-order valence-electron chi connectivity index (χ4n) is 3.18. The number of carbonyl (C=O) groups excluding carboxylic acids is 1. The van der Waals surface area contributed by atoms with Crippen molar-refractivity contribution in [1.82, 2.24) is 4.90 Å². The molecule has 6 heteroatoms. The predicted octanol–water partition coefficient (Wildman–Crippen LogP) is 3.65. The van der Waals surface area contributed by atoms with Gasteiger partial charge in [0.05, 0.1) is 5.56 Å². The van der Waals surface area contributed by atoms with Crippen molar-refractivity contribution in [3.8, 4) is 23.0 Å². The van der Waals surface area contributed by atoms with E-state index >= 15 is 0 Å². The van der Waals surface area contributed by atoms with Crippen molar-refractivity contribution in [3.63, 3.8) is 0 Å². The van der Waals surface area contributed by atoms with Gasteiger partial charge in [-0.3, -0.25) is 4.79 Å². The summed E-state index contributed by atoms with van der Waals surface area (Å²) >= 11 is 0. The number of likely N-dealkylation sites (N-methyl/N-ethyl adjacent to an activating group) is 1. The summed E-state index contributed by atoms with van der Waals surface area (Å²) in [5.41, 5.74) is 1.99. The van der Waals surface area contributed by atoms with Crippen LogP contribution in [0.4, 0.5) is 0 Å². The molecular formula is C23H27NO5. The van der Waals surface area contributed by atoms with Gasteiger partial charge in [0.1, 0.15) is 24.2 Å². The van der Waals surface area contributed by atoms with Gasteiger partial charge in [0, 0.05) is 24.6 Å². The number of rotatable bonds is 8. The van der Waals surface area contributed by atoms with Crippen LogP contribution in [-0.4, -0.2) is 54.2 Å². The van der Waals surface area contributed by atoms with Gasteiger partial charge in [0.25, 0.3) is 0 Å². The molecule has 0 saturated carbocycles. The molecule has 29 heavy (non-hydrogen) atoms. The molecule has 0 radical (unpaired) electrons. The second-order valence-corrected chi connectivity index (χ2v) is 7.42. The molecule has 0 amide bonds. The van der Waals surface area contributed by atoms with E-state index in [1.54, 1.807) is 24.3 Å². The molecular weight excluding hydrogens is 370 g/mol. The van der Waals surface area contributed by atoms with Gasteiger partial charge in [-0.25, -0.2) is 0 Å². The Morgan fingerprint density at radius 2 is 1.97 bits per heavy atom. The van der Waals surface area contributed by atoms with Crippen molar-refractivity contribution in [2.75, 3.05) is 27.2 Å². The number of phenolic OH excluding ortho intramolecular Hbond substituents is 2. The lowest BCUT2D eigenvalue weighted by atomic mass is 9.96. The van der Waals surface area contributed by atoms with Gasteiger partial charge in [0.2, 0.25) is 0 Å². The van der Waals surface area contributed by atoms with E-state index in [0.717, 1.165) is 17.7 Å².